The summed E-state index contributed by atoms with van der Waals surface area (Å²) in [5.41, 5.74) is 2.99. The normalized spacial score (nSPS) is 10.5. The third kappa shape index (κ3) is 4.89. The van der Waals surface area contributed by atoms with Crippen molar-refractivity contribution in [2.45, 2.75) is 19.8 Å². The Morgan fingerprint density at radius 3 is 2.54 bits per heavy atom. The molecule has 0 aliphatic carbocycles. The molecule has 0 unspecified atom stereocenters. The Kier molecular flexibility index (Phi) is 6.66. The molecule has 1 aromatic heterocycles. The van der Waals surface area contributed by atoms with Crippen LogP contribution in [0.25, 0.3) is 10.6 Å². The van der Waals surface area contributed by atoms with E-state index in [1.807, 2.05) is 55.5 Å². The molecule has 146 valence electrons. The van der Waals surface area contributed by atoms with Crippen molar-refractivity contribution in [3.8, 4) is 22.1 Å². The fraction of sp³-hybridized carbons (Fsp3) is 0.273. The number of aryl methyl sites for hydroxylation is 1. The third-order valence-electron chi connectivity index (χ3n) is 4.45. The van der Waals surface area contributed by atoms with Crippen LogP contribution in [0.1, 0.15) is 16.1 Å². The van der Waals surface area contributed by atoms with E-state index in [4.69, 9.17) is 9.47 Å². The number of nitrogens with one attached hydrogen (secondary N) is 1. The van der Waals surface area contributed by atoms with Gasteiger partial charge in [0.15, 0.2) is 0 Å². The van der Waals surface area contributed by atoms with Crippen molar-refractivity contribution in [1.29, 1.82) is 0 Å². The molecule has 6 heteroatoms. The van der Waals surface area contributed by atoms with E-state index in [1.54, 1.807) is 14.2 Å². The Balaban J connectivity index is 1.57. The smallest absolute Gasteiger partial charge is 0.225 e. The van der Waals surface area contributed by atoms with E-state index in [9.17, 15) is 4.79 Å². The summed E-state index contributed by atoms with van der Waals surface area (Å²) in [7, 11) is 3.30. The number of carbonyl (C=O) groups is 1. The van der Waals surface area contributed by atoms with Crippen molar-refractivity contribution in [3.63, 3.8) is 0 Å². The fourth-order valence-corrected chi connectivity index (χ4v) is 3.97. The van der Waals surface area contributed by atoms with Gasteiger partial charge in [-0.15, -0.1) is 11.3 Å². The standard InChI is InChI=1S/C22H24N2O3S/c1-15-20(28-22(24-15)18-6-4-5-7-19(18)27-3)14-21(25)23-13-12-16-8-10-17(26-2)11-9-16/h4-11H,12-14H2,1-3H3,(H,23,25). The van der Waals surface area contributed by atoms with Crippen LogP contribution in [0.4, 0.5) is 0 Å². The minimum Gasteiger partial charge on any atom is -0.497 e. The van der Waals surface area contributed by atoms with Gasteiger partial charge in [0.25, 0.3) is 0 Å². The summed E-state index contributed by atoms with van der Waals surface area (Å²) >= 11 is 1.54. The van der Waals surface area contributed by atoms with Gasteiger partial charge in [0.2, 0.25) is 5.91 Å². The summed E-state index contributed by atoms with van der Waals surface area (Å²) in [6.45, 7) is 2.54. The van der Waals surface area contributed by atoms with Crippen molar-refractivity contribution in [2.75, 3.05) is 20.8 Å². The van der Waals surface area contributed by atoms with Crippen molar-refractivity contribution >= 4 is 17.2 Å². The molecule has 0 aliphatic rings. The molecule has 28 heavy (non-hydrogen) atoms. The number of ether oxygens (including phenoxy) is 2. The van der Waals surface area contributed by atoms with Crippen LogP contribution in [-0.2, 0) is 17.6 Å². The maximum Gasteiger partial charge on any atom is 0.225 e. The molecule has 3 rings (SSSR count). The second kappa shape index (κ2) is 9.37. The van der Waals surface area contributed by atoms with Gasteiger partial charge in [0.1, 0.15) is 16.5 Å². The maximum atomic E-state index is 12.3. The summed E-state index contributed by atoms with van der Waals surface area (Å²) in [5, 5.41) is 3.86. The van der Waals surface area contributed by atoms with Gasteiger partial charge < -0.3 is 14.8 Å². The Morgan fingerprint density at radius 2 is 1.82 bits per heavy atom. The molecule has 1 amide bonds. The molecule has 3 aromatic rings. The molecule has 5 nitrogen and oxygen atoms in total. The lowest BCUT2D eigenvalue weighted by atomic mass is 10.1. The van der Waals surface area contributed by atoms with Crippen LogP contribution in [-0.4, -0.2) is 31.7 Å². The van der Waals surface area contributed by atoms with E-state index >= 15 is 0 Å². The average Bonchev–Trinajstić information content (AvgIpc) is 3.08. The monoisotopic (exact) mass is 396 g/mol. The van der Waals surface area contributed by atoms with Crippen LogP contribution >= 0.6 is 11.3 Å². The van der Waals surface area contributed by atoms with E-state index in [-0.39, 0.29) is 5.91 Å². The van der Waals surface area contributed by atoms with E-state index in [2.05, 4.69) is 10.3 Å². The van der Waals surface area contributed by atoms with Gasteiger partial charge >= 0.3 is 0 Å². The van der Waals surface area contributed by atoms with Crippen LogP contribution in [0.15, 0.2) is 48.5 Å². The number of hydrogen-bond donors (Lipinski definition) is 1. The summed E-state index contributed by atoms with van der Waals surface area (Å²) < 4.78 is 10.6. The first-order valence-electron chi connectivity index (χ1n) is 9.10. The lowest BCUT2D eigenvalue weighted by Gasteiger charge is -2.06. The molecule has 0 aliphatic heterocycles. The Hall–Kier alpha value is -2.86. The van der Waals surface area contributed by atoms with Crippen LogP contribution in [0.3, 0.4) is 0 Å². The molecule has 1 heterocycles. The average molecular weight is 397 g/mol. The summed E-state index contributed by atoms with van der Waals surface area (Å²) in [5.74, 6) is 1.62. The number of hydrogen-bond acceptors (Lipinski definition) is 5. The third-order valence-corrected chi connectivity index (χ3v) is 5.64. The van der Waals surface area contributed by atoms with Gasteiger partial charge in [-0.3, -0.25) is 4.79 Å². The Labute approximate surface area is 169 Å². The zero-order valence-electron chi connectivity index (χ0n) is 16.3. The summed E-state index contributed by atoms with van der Waals surface area (Å²) in [4.78, 5) is 18.0. The number of aromatic nitrogens is 1. The fourth-order valence-electron chi connectivity index (χ4n) is 2.88. The van der Waals surface area contributed by atoms with Gasteiger partial charge in [0, 0.05) is 11.4 Å². The van der Waals surface area contributed by atoms with Crippen LogP contribution in [0.2, 0.25) is 0 Å². The molecule has 0 bridgehead atoms. The van der Waals surface area contributed by atoms with Crippen molar-refractivity contribution < 1.29 is 14.3 Å². The van der Waals surface area contributed by atoms with Crippen molar-refractivity contribution in [2.24, 2.45) is 0 Å². The molecule has 0 saturated carbocycles. The second-order valence-corrected chi connectivity index (χ2v) is 7.44. The number of rotatable bonds is 8. The second-order valence-electron chi connectivity index (χ2n) is 6.35. The van der Waals surface area contributed by atoms with Gasteiger partial charge in [-0.05, 0) is 43.2 Å². The number of nitrogens with zero attached hydrogens (tertiary/aromatic N) is 1. The highest BCUT2D eigenvalue weighted by atomic mass is 32.1. The largest absolute Gasteiger partial charge is 0.497 e. The number of amides is 1. The first kappa shape index (κ1) is 19.9. The highest BCUT2D eigenvalue weighted by molar-refractivity contribution is 7.15. The Bertz CT molecular complexity index is 935. The zero-order chi connectivity index (χ0) is 19.9. The molecular weight excluding hydrogens is 372 g/mol. The minimum absolute atomic E-state index is 0.00633. The topological polar surface area (TPSA) is 60.5 Å². The number of methoxy groups -OCH3 is 2. The predicted octanol–water partition coefficient (Wildman–Crippen LogP) is 4.04. The first-order chi connectivity index (χ1) is 13.6. The molecular formula is C22H24N2O3S. The minimum atomic E-state index is 0.00633. The number of benzene rings is 2. The SMILES string of the molecule is COc1ccc(CCNC(=O)Cc2sc(-c3ccccc3OC)nc2C)cc1. The molecule has 0 spiro atoms. The lowest BCUT2D eigenvalue weighted by molar-refractivity contribution is -0.120. The molecule has 0 saturated heterocycles. The number of thiazole rings is 1. The van der Waals surface area contributed by atoms with Crippen molar-refractivity contribution in [3.05, 3.63) is 64.7 Å². The molecule has 1 N–H and O–H groups in total. The van der Waals surface area contributed by atoms with E-state index < -0.39 is 0 Å². The number of para-hydroxylation sites is 1. The summed E-state index contributed by atoms with van der Waals surface area (Å²) in [6.07, 6.45) is 1.12. The van der Waals surface area contributed by atoms with Gasteiger partial charge in [0.05, 0.1) is 31.9 Å². The van der Waals surface area contributed by atoms with Crippen LogP contribution in [0.5, 0.6) is 11.5 Å². The van der Waals surface area contributed by atoms with Crippen molar-refractivity contribution in [1.82, 2.24) is 10.3 Å². The summed E-state index contributed by atoms with van der Waals surface area (Å²) in [6, 6.07) is 15.7. The van der Waals surface area contributed by atoms with Gasteiger partial charge in [-0.1, -0.05) is 24.3 Å². The molecule has 0 atom stereocenters. The van der Waals surface area contributed by atoms with Gasteiger partial charge in [-0.25, -0.2) is 4.98 Å². The maximum absolute atomic E-state index is 12.3. The van der Waals surface area contributed by atoms with E-state index in [0.29, 0.717) is 13.0 Å². The molecule has 0 radical (unpaired) electrons. The highest BCUT2D eigenvalue weighted by Gasteiger charge is 2.15. The van der Waals surface area contributed by atoms with E-state index in [0.717, 1.165) is 44.6 Å². The Morgan fingerprint density at radius 1 is 1.07 bits per heavy atom. The van der Waals surface area contributed by atoms with Crippen LogP contribution in [0, 0.1) is 6.92 Å². The molecule has 0 fully saturated rings. The van der Waals surface area contributed by atoms with Gasteiger partial charge in [-0.2, -0.15) is 0 Å². The van der Waals surface area contributed by atoms with E-state index in [1.165, 1.54) is 11.3 Å². The predicted molar refractivity (Wildman–Crippen MR) is 112 cm³/mol. The highest BCUT2D eigenvalue weighted by Crippen LogP contribution is 2.34. The first-order valence-corrected chi connectivity index (χ1v) is 9.91. The zero-order valence-corrected chi connectivity index (χ0v) is 17.1. The molecule has 2 aromatic carbocycles. The lowest BCUT2D eigenvalue weighted by Crippen LogP contribution is -2.27. The number of carbonyl (C=O) groups excluding carboxylic acids is 1. The van der Waals surface area contributed by atoms with Crippen LogP contribution < -0.4 is 14.8 Å². The quantitative estimate of drug-likeness (QED) is 0.624.